The lowest BCUT2D eigenvalue weighted by Crippen LogP contribution is -2.26. The number of fused-ring (bicyclic) bond motifs is 1. The molecule has 1 fully saturated rings. The smallest absolute Gasteiger partial charge is 0.364 e. The highest BCUT2D eigenvalue weighted by molar-refractivity contribution is 8.19. The zero-order valence-electron chi connectivity index (χ0n) is 14.8. The van der Waals surface area contributed by atoms with Crippen molar-refractivity contribution in [2.75, 3.05) is 11.5 Å². The maximum absolute atomic E-state index is 12.7. The Morgan fingerprint density at radius 3 is 2.44 bits per heavy atom. The first-order valence-electron chi connectivity index (χ1n) is 8.72. The van der Waals surface area contributed by atoms with Crippen molar-refractivity contribution in [3.8, 4) is 5.75 Å². The summed E-state index contributed by atoms with van der Waals surface area (Å²) in [5.74, 6) is 2.23. The molecule has 27 heavy (non-hydrogen) atoms. The summed E-state index contributed by atoms with van der Waals surface area (Å²) in [7, 11) is 0. The molecule has 1 saturated heterocycles. The Kier molecular flexibility index (Phi) is 5.22. The molecule has 0 bridgehead atoms. The number of nitrogens with zero attached hydrogens (tertiary/aromatic N) is 2. The second-order valence-corrected chi connectivity index (χ2v) is 8.77. The fraction of sp³-hybridized carbons (Fsp3) is 0.250. The number of aromatic nitrogens is 2. The van der Waals surface area contributed by atoms with E-state index in [1.54, 1.807) is 24.3 Å². The first-order chi connectivity index (χ1) is 13.2. The van der Waals surface area contributed by atoms with Crippen LogP contribution in [0.5, 0.6) is 5.75 Å². The highest BCUT2D eigenvalue weighted by atomic mass is 32.2. The molecule has 2 aromatic carbocycles. The van der Waals surface area contributed by atoms with Gasteiger partial charge in [-0.2, -0.15) is 5.10 Å². The number of aryl methyl sites for hydroxylation is 1. The third-order valence-electron chi connectivity index (χ3n) is 4.35. The highest BCUT2D eigenvalue weighted by Gasteiger charge is 2.20. The van der Waals surface area contributed by atoms with E-state index in [1.165, 1.54) is 10.2 Å². The molecule has 7 heteroatoms. The van der Waals surface area contributed by atoms with Crippen LogP contribution >= 0.6 is 23.5 Å². The van der Waals surface area contributed by atoms with E-state index in [-0.39, 0.29) is 11.3 Å². The van der Waals surface area contributed by atoms with E-state index in [4.69, 9.17) is 4.74 Å². The molecule has 4 rings (SSSR count). The maximum atomic E-state index is 12.7. The van der Waals surface area contributed by atoms with Crippen LogP contribution in [0, 0.1) is 0 Å². The summed E-state index contributed by atoms with van der Waals surface area (Å²) < 4.78 is 7.28. The fourth-order valence-corrected chi connectivity index (χ4v) is 5.86. The van der Waals surface area contributed by atoms with Crippen LogP contribution in [-0.4, -0.2) is 27.3 Å². The van der Waals surface area contributed by atoms with Crippen LogP contribution in [0.15, 0.2) is 53.3 Å². The molecular formula is C20H18N2O3S2. The normalized spacial score (nSPS) is 14.6. The lowest BCUT2D eigenvalue weighted by atomic mass is 10.1. The zero-order valence-corrected chi connectivity index (χ0v) is 16.4. The predicted molar refractivity (Wildman–Crippen MR) is 111 cm³/mol. The molecular weight excluding hydrogens is 380 g/mol. The van der Waals surface area contributed by atoms with Gasteiger partial charge in [-0.3, -0.25) is 4.79 Å². The fourth-order valence-electron chi connectivity index (χ4n) is 3.00. The predicted octanol–water partition coefficient (Wildman–Crippen LogP) is 4.11. The van der Waals surface area contributed by atoms with Crippen molar-refractivity contribution >= 4 is 40.3 Å². The van der Waals surface area contributed by atoms with Crippen molar-refractivity contribution in [3.05, 3.63) is 70.1 Å². The molecule has 1 aromatic heterocycles. The molecule has 0 radical (unpaired) electrons. The van der Waals surface area contributed by atoms with Crippen LogP contribution in [0.25, 0.3) is 10.8 Å². The summed E-state index contributed by atoms with van der Waals surface area (Å²) in [6.07, 6.45) is 0. The van der Waals surface area contributed by atoms with Gasteiger partial charge >= 0.3 is 5.97 Å². The molecule has 2 heterocycles. The van der Waals surface area contributed by atoms with Gasteiger partial charge in [0.1, 0.15) is 5.75 Å². The van der Waals surface area contributed by atoms with Gasteiger partial charge in [0, 0.05) is 23.4 Å². The monoisotopic (exact) mass is 398 g/mol. The Morgan fingerprint density at radius 2 is 1.78 bits per heavy atom. The van der Waals surface area contributed by atoms with Crippen LogP contribution < -0.4 is 10.3 Å². The van der Waals surface area contributed by atoms with Gasteiger partial charge in [-0.15, -0.1) is 23.5 Å². The quantitative estimate of drug-likeness (QED) is 0.487. The zero-order chi connectivity index (χ0) is 18.8. The number of esters is 1. The summed E-state index contributed by atoms with van der Waals surface area (Å²) in [5.41, 5.74) is 1.17. The second kappa shape index (κ2) is 7.78. The Hall–Kier alpha value is -2.25. The van der Waals surface area contributed by atoms with E-state index in [0.717, 1.165) is 11.5 Å². The summed E-state index contributed by atoms with van der Waals surface area (Å²) in [5, 5.41) is 5.19. The van der Waals surface area contributed by atoms with Gasteiger partial charge in [-0.05, 0) is 30.7 Å². The molecule has 0 saturated carbocycles. The Bertz CT molecular complexity index is 1040. The van der Waals surface area contributed by atoms with E-state index < -0.39 is 5.97 Å². The summed E-state index contributed by atoms with van der Waals surface area (Å²) in [6.45, 7) is 2.20. The SMILES string of the molecule is CCn1nc(C(=O)Oc2ccc(C3SCCS3)cc2)c2ccccc2c1=O. The third-order valence-corrected chi connectivity index (χ3v) is 7.45. The standard InChI is InChI=1S/C20H18N2O3S2/c1-2-22-18(23)16-6-4-3-5-15(16)17(21-22)19(24)25-14-9-7-13(8-10-14)20-26-11-12-27-20/h3-10,20H,2,11-12H2,1H3. The topological polar surface area (TPSA) is 61.2 Å². The van der Waals surface area contributed by atoms with Gasteiger partial charge in [0.25, 0.3) is 5.56 Å². The molecule has 0 unspecified atom stereocenters. The first-order valence-corrected chi connectivity index (χ1v) is 10.8. The number of hydrogen-bond donors (Lipinski definition) is 0. The molecule has 0 aliphatic carbocycles. The average molecular weight is 399 g/mol. The largest absolute Gasteiger partial charge is 0.422 e. The molecule has 1 aliphatic heterocycles. The molecule has 0 N–H and O–H groups in total. The molecule has 3 aromatic rings. The third kappa shape index (κ3) is 3.61. The van der Waals surface area contributed by atoms with Gasteiger partial charge in [-0.25, -0.2) is 9.48 Å². The van der Waals surface area contributed by atoms with Crippen molar-refractivity contribution in [1.29, 1.82) is 0 Å². The summed E-state index contributed by atoms with van der Waals surface area (Å²) in [4.78, 5) is 25.1. The molecule has 0 spiro atoms. The molecule has 0 atom stereocenters. The van der Waals surface area contributed by atoms with Gasteiger partial charge in [-0.1, -0.05) is 30.3 Å². The van der Waals surface area contributed by atoms with E-state index in [9.17, 15) is 9.59 Å². The van der Waals surface area contributed by atoms with Crippen molar-refractivity contribution in [2.24, 2.45) is 0 Å². The number of thioether (sulfide) groups is 2. The second-order valence-electron chi connectivity index (χ2n) is 6.05. The number of carbonyl (C=O) groups is 1. The minimum Gasteiger partial charge on any atom is -0.422 e. The van der Waals surface area contributed by atoms with Crippen LogP contribution in [0.4, 0.5) is 0 Å². The minimum atomic E-state index is -0.564. The van der Waals surface area contributed by atoms with Gasteiger partial charge in [0.2, 0.25) is 0 Å². The Labute approximate surface area is 165 Å². The lowest BCUT2D eigenvalue weighted by molar-refractivity contribution is 0.0728. The summed E-state index contributed by atoms with van der Waals surface area (Å²) >= 11 is 3.86. The Morgan fingerprint density at radius 1 is 1.11 bits per heavy atom. The number of ether oxygens (including phenoxy) is 1. The van der Waals surface area contributed by atoms with E-state index in [2.05, 4.69) is 5.10 Å². The molecule has 1 aliphatic rings. The van der Waals surface area contributed by atoms with E-state index in [1.807, 2.05) is 54.7 Å². The van der Waals surface area contributed by atoms with Crippen molar-refractivity contribution < 1.29 is 9.53 Å². The van der Waals surface area contributed by atoms with Gasteiger partial charge in [0.15, 0.2) is 5.69 Å². The molecule has 138 valence electrons. The van der Waals surface area contributed by atoms with Crippen LogP contribution in [0.2, 0.25) is 0 Å². The van der Waals surface area contributed by atoms with Gasteiger partial charge < -0.3 is 4.74 Å². The van der Waals surface area contributed by atoms with Crippen molar-refractivity contribution in [2.45, 2.75) is 18.1 Å². The van der Waals surface area contributed by atoms with Crippen LogP contribution in [0.3, 0.4) is 0 Å². The van der Waals surface area contributed by atoms with Crippen molar-refractivity contribution in [1.82, 2.24) is 9.78 Å². The number of carbonyl (C=O) groups excluding carboxylic acids is 1. The number of hydrogen-bond acceptors (Lipinski definition) is 6. The number of benzene rings is 2. The maximum Gasteiger partial charge on any atom is 0.364 e. The molecule has 0 amide bonds. The number of rotatable bonds is 4. The van der Waals surface area contributed by atoms with Crippen LogP contribution in [0.1, 0.15) is 27.6 Å². The van der Waals surface area contributed by atoms with Crippen molar-refractivity contribution in [3.63, 3.8) is 0 Å². The van der Waals surface area contributed by atoms with Crippen LogP contribution in [-0.2, 0) is 6.54 Å². The highest BCUT2D eigenvalue weighted by Crippen LogP contribution is 2.45. The first kappa shape index (κ1) is 18.1. The minimum absolute atomic E-state index is 0.151. The average Bonchev–Trinajstić information content (AvgIpc) is 3.24. The van der Waals surface area contributed by atoms with E-state index in [0.29, 0.717) is 27.6 Å². The molecule has 5 nitrogen and oxygen atoms in total. The van der Waals surface area contributed by atoms with Gasteiger partial charge in [0.05, 0.1) is 9.97 Å². The lowest BCUT2D eigenvalue weighted by Gasteiger charge is -2.11. The summed E-state index contributed by atoms with van der Waals surface area (Å²) in [6, 6.07) is 14.6. The van der Waals surface area contributed by atoms with E-state index >= 15 is 0 Å². The Balaban J connectivity index is 1.63.